The van der Waals surface area contributed by atoms with Crippen LogP contribution in [0.5, 0.6) is 0 Å². The fourth-order valence-corrected chi connectivity index (χ4v) is 3.43. The molecule has 1 aromatic rings. The molecule has 1 aliphatic carbocycles. The van der Waals surface area contributed by atoms with E-state index in [9.17, 15) is 4.79 Å². The Hall–Kier alpha value is -0.760. The maximum absolute atomic E-state index is 10.6. The van der Waals surface area contributed by atoms with Crippen LogP contribution in [0, 0.1) is 0 Å². The summed E-state index contributed by atoms with van der Waals surface area (Å²) in [5.41, 5.74) is 1.34. The van der Waals surface area contributed by atoms with E-state index in [2.05, 4.69) is 31.2 Å². The van der Waals surface area contributed by atoms with Crippen LogP contribution in [0.15, 0.2) is 29.2 Å². The second-order valence-electron chi connectivity index (χ2n) is 4.51. The molecule has 0 spiro atoms. The molecule has 0 aliphatic heterocycles. The largest absolute Gasteiger partial charge is 0.303 e. The first-order valence-electron chi connectivity index (χ1n) is 6.00. The van der Waals surface area contributed by atoms with Gasteiger partial charge in [-0.2, -0.15) is 0 Å². The number of aldehydes is 1. The summed E-state index contributed by atoms with van der Waals surface area (Å²) in [7, 11) is 0. The van der Waals surface area contributed by atoms with E-state index in [1.54, 1.807) is 0 Å². The second kappa shape index (κ2) is 5.53. The van der Waals surface area contributed by atoms with Gasteiger partial charge in [-0.3, -0.25) is 0 Å². The first kappa shape index (κ1) is 11.7. The van der Waals surface area contributed by atoms with Gasteiger partial charge >= 0.3 is 0 Å². The van der Waals surface area contributed by atoms with E-state index >= 15 is 0 Å². The van der Waals surface area contributed by atoms with Crippen LogP contribution in [-0.2, 0) is 4.79 Å². The van der Waals surface area contributed by atoms with Gasteiger partial charge in [0.2, 0.25) is 0 Å². The number of thioether (sulfide) groups is 1. The zero-order chi connectivity index (χ0) is 11.4. The summed E-state index contributed by atoms with van der Waals surface area (Å²) >= 11 is 2.00. The Bertz CT molecular complexity index is 358. The Labute approximate surface area is 102 Å². The van der Waals surface area contributed by atoms with E-state index in [-0.39, 0.29) is 0 Å². The second-order valence-corrected chi connectivity index (χ2v) is 5.85. The molecule has 86 valence electrons. The van der Waals surface area contributed by atoms with E-state index in [4.69, 9.17) is 0 Å². The zero-order valence-corrected chi connectivity index (χ0v) is 10.5. The van der Waals surface area contributed by atoms with Crippen molar-refractivity contribution >= 4 is 18.0 Å². The van der Waals surface area contributed by atoms with Gasteiger partial charge in [-0.1, -0.05) is 31.5 Å². The number of hydrogen-bond acceptors (Lipinski definition) is 2. The lowest BCUT2D eigenvalue weighted by molar-refractivity contribution is -0.108. The van der Waals surface area contributed by atoms with Crippen molar-refractivity contribution in [2.45, 2.75) is 48.7 Å². The van der Waals surface area contributed by atoms with Crippen LogP contribution < -0.4 is 0 Å². The number of rotatable bonds is 5. The molecule has 0 N–H and O–H groups in total. The summed E-state index contributed by atoms with van der Waals surface area (Å²) in [6.07, 6.45) is 5.73. The first-order valence-corrected chi connectivity index (χ1v) is 6.88. The van der Waals surface area contributed by atoms with Gasteiger partial charge in [0.05, 0.1) is 0 Å². The van der Waals surface area contributed by atoms with Gasteiger partial charge in [0.15, 0.2) is 0 Å². The molecule has 1 nitrogen and oxygen atoms in total. The number of carbonyl (C=O) groups excluding carboxylic acids is 1. The summed E-state index contributed by atoms with van der Waals surface area (Å²) in [6.45, 7) is 2.13. The van der Waals surface area contributed by atoms with Crippen LogP contribution in [-0.4, -0.2) is 11.5 Å². The average molecular weight is 234 g/mol. The van der Waals surface area contributed by atoms with Crippen molar-refractivity contribution in [1.29, 1.82) is 0 Å². The van der Waals surface area contributed by atoms with Crippen LogP contribution in [0.2, 0.25) is 0 Å². The minimum atomic E-state index is 0.348. The van der Waals surface area contributed by atoms with Crippen LogP contribution >= 0.6 is 11.8 Å². The first-order chi connectivity index (χ1) is 7.81. The predicted molar refractivity (Wildman–Crippen MR) is 69.0 cm³/mol. The highest BCUT2D eigenvalue weighted by Crippen LogP contribution is 2.39. The maximum atomic E-state index is 10.6. The van der Waals surface area contributed by atoms with Gasteiger partial charge in [-0.25, -0.2) is 0 Å². The van der Waals surface area contributed by atoms with Gasteiger partial charge in [-0.05, 0) is 30.4 Å². The van der Waals surface area contributed by atoms with Crippen molar-refractivity contribution in [1.82, 2.24) is 0 Å². The fourth-order valence-electron chi connectivity index (χ4n) is 1.93. The van der Waals surface area contributed by atoms with E-state index in [1.807, 2.05) is 11.8 Å². The highest BCUT2D eigenvalue weighted by atomic mass is 32.2. The molecule has 16 heavy (non-hydrogen) atoms. The van der Waals surface area contributed by atoms with Crippen molar-refractivity contribution in [3.8, 4) is 0 Å². The fraction of sp³-hybridized carbons (Fsp3) is 0.500. The normalized spacial score (nSPS) is 17.8. The molecule has 1 atom stereocenters. The highest BCUT2D eigenvalue weighted by molar-refractivity contribution is 8.00. The van der Waals surface area contributed by atoms with Crippen LogP contribution in [0.1, 0.15) is 44.1 Å². The van der Waals surface area contributed by atoms with Crippen LogP contribution in [0.25, 0.3) is 0 Å². The summed E-state index contributed by atoms with van der Waals surface area (Å²) in [5.74, 6) is 0.348. The third kappa shape index (κ3) is 2.67. The van der Waals surface area contributed by atoms with Crippen LogP contribution in [0.4, 0.5) is 0 Å². The molecule has 1 saturated carbocycles. The molecule has 1 unspecified atom stereocenters. The molecule has 1 aromatic carbocycles. The summed E-state index contributed by atoms with van der Waals surface area (Å²) in [5, 5.41) is 0.810. The van der Waals surface area contributed by atoms with Crippen molar-refractivity contribution in [3.05, 3.63) is 29.8 Å². The minimum Gasteiger partial charge on any atom is -0.303 e. The summed E-state index contributed by atoms with van der Waals surface area (Å²) in [4.78, 5) is 12.0. The number of carbonyl (C=O) groups is 1. The molecular formula is C14H18OS. The molecule has 0 heterocycles. The molecule has 1 fully saturated rings. The number of benzene rings is 1. The lowest BCUT2D eigenvalue weighted by atomic mass is 9.98. The minimum absolute atomic E-state index is 0.348. The quantitative estimate of drug-likeness (QED) is 0.716. The SMILES string of the molecule is CC(CC=O)c1ccccc1SC1CCC1. The Balaban J connectivity index is 2.11. The molecule has 2 heteroatoms. The summed E-state index contributed by atoms with van der Waals surface area (Å²) < 4.78 is 0. The smallest absolute Gasteiger partial charge is 0.120 e. The maximum Gasteiger partial charge on any atom is 0.120 e. The standard InChI is InChI=1S/C14H18OS/c1-11(9-10-15)13-7-2-3-8-14(13)16-12-5-4-6-12/h2-3,7-8,10-12H,4-6,9H2,1H3. The molecule has 0 radical (unpaired) electrons. The van der Waals surface area contributed by atoms with Crippen molar-refractivity contribution < 1.29 is 4.79 Å². The lowest BCUT2D eigenvalue weighted by Gasteiger charge is -2.26. The van der Waals surface area contributed by atoms with Crippen molar-refractivity contribution in [3.63, 3.8) is 0 Å². The molecule has 0 bridgehead atoms. The van der Waals surface area contributed by atoms with Gasteiger partial charge in [-0.15, -0.1) is 11.8 Å². The van der Waals surface area contributed by atoms with Crippen molar-refractivity contribution in [2.24, 2.45) is 0 Å². The molecule has 0 amide bonds. The Kier molecular flexibility index (Phi) is 4.05. The zero-order valence-electron chi connectivity index (χ0n) is 9.69. The Morgan fingerprint density at radius 3 is 2.81 bits per heavy atom. The van der Waals surface area contributed by atoms with Gasteiger partial charge in [0.25, 0.3) is 0 Å². The Morgan fingerprint density at radius 2 is 2.19 bits per heavy atom. The van der Waals surface area contributed by atoms with Crippen LogP contribution in [0.3, 0.4) is 0 Å². The lowest BCUT2D eigenvalue weighted by Crippen LogP contribution is -2.13. The van der Waals surface area contributed by atoms with Gasteiger partial charge < -0.3 is 4.79 Å². The van der Waals surface area contributed by atoms with E-state index in [1.165, 1.54) is 29.7 Å². The molecule has 1 aliphatic rings. The monoisotopic (exact) mass is 234 g/mol. The third-order valence-electron chi connectivity index (χ3n) is 3.25. The average Bonchev–Trinajstić information content (AvgIpc) is 2.24. The molecule has 0 saturated heterocycles. The molecular weight excluding hydrogens is 216 g/mol. The molecule has 0 aromatic heterocycles. The van der Waals surface area contributed by atoms with E-state index in [0.717, 1.165) is 11.5 Å². The Morgan fingerprint density at radius 1 is 1.44 bits per heavy atom. The van der Waals surface area contributed by atoms with Gasteiger partial charge in [0.1, 0.15) is 6.29 Å². The molecule has 2 rings (SSSR count). The highest BCUT2D eigenvalue weighted by Gasteiger charge is 2.20. The van der Waals surface area contributed by atoms with Gasteiger partial charge in [0, 0.05) is 16.6 Å². The van der Waals surface area contributed by atoms with E-state index in [0.29, 0.717) is 12.3 Å². The third-order valence-corrected chi connectivity index (χ3v) is 4.68. The topological polar surface area (TPSA) is 17.1 Å². The predicted octanol–water partition coefficient (Wildman–Crippen LogP) is 4.02. The number of hydrogen-bond donors (Lipinski definition) is 0. The van der Waals surface area contributed by atoms with Crippen molar-refractivity contribution in [2.75, 3.05) is 0 Å². The summed E-state index contributed by atoms with van der Waals surface area (Å²) in [6, 6.07) is 8.52. The van der Waals surface area contributed by atoms with E-state index < -0.39 is 0 Å².